The summed E-state index contributed by atoms with van der Waals surface area (Å²) in [6, 6.07) is 15.0. The Kier molecular flexibility index (Phi) is 6.23. The van der Waals surface area contributed by atoms with Gasteiger partial charge in [-0.1, -0.05) is 53.2 Å². The van der Waals surface area contributed by atoms with Gasteiger partial charge in [-0.2, -0.15) is 0 Å². The van der Waals surface area contributed by atoms with Crippen LogP contribution in [-0.4, -0.2) is 29.8 Å². The van der Waals surface area contributed by atoms with Gasteiger partial charge < -0.3 is 4.74 Å². The number of rotatable bonds is 6. The number of aromatic nitrogens is 2. The van der Waals surface area contributed by atoms with Crippen LogP contribution in [0, 0.1) is 5.92 Å². The number of halogens is 1. The highest BCUT2D eigenvalue weighted by atomic mass is 79.9. The minimum atomic E-state index is -0.135. The van der Waals surface area contributed by atoms with E-state index in [2.05, 4.69) is 40.0 Å². The van der Waals surface area contributed by atoms with Crippen LogP contribution in [0.5, 0.6) is 5.75 Å². The minimum Gasteiger partial charge on any atom is -0.493 e. The van der Waals surface area contributed by atoms with E-state index in [1.165, 1.54) is 16.2 Å². The molecule has 0 saturated heterocycles. The Bertz CT molecular complexity index is 908. The van der Waals surface area contributed by atoms with Crippen LogP contribution in [0.15, 0.2) is 53.0 Å². The second kappa shape index (κ2) is 8.63. The van der Waals surface area contributed by atoms with E-state index in [1.807, 2.05) is 36.4 Å². The van der Waals surface area contributed by atoms with Gasteiger partial charge in [0, 0.05) is 22.6 Å². The van der Waals surface area contributed by atoms with Gasteiger partial charge in [0.1, 0.15) is 10.8 Å². The summed E-state index contributed by atoms with van der Waals surface area (Å²) >= 11 is 4.80. The maximum Gasteiger partial charge on any atom is 0.259 e. The number of hydrogen-bond donors (Lipinski definition) is 0. The van der Waals surface area contributed by atoms with Gasteiger partial charge in [-0.05, 0) is 42.3 Å². The van der Waals surface area contributed by atoms with E-state index >= 15 is 0 Å². The quantitative estimate of drug-likeness (QED) is 0.517. The van der Waals surface area contributed by atoms with Crippen LogP contribution in [0.3, 0.4) is 0 Å². The average molecular weight is 446 g/mol. The predicted octanol–water partition coefficient (Wildman–Crippen LogP) is 5.28. The van der Waals surface area contributed by atoms with Gasteiger partial charge in [0.25, 0.3) is 5.91 Å². The molecule has 3 aromatic rings. The SMILES string of the molecule is CC(C)COc1ccc(C(=O)N(C)c2nnc(-c3ccc(Br)cc3)s2)cc1. The first-order valence-electron chi connectivity index (χ1n) is 8.54. The molecule has 0 fully saturated rings. The molecule has 7 heteroatoms. The smallest absolute Gasteiger partial charge is 0.259 e. The molecule has 0 aliphatic carbocycles. The first-order valence-corrected chi connectivity index (χ1v) is 10.2. The summed E-state index contributed by atoms with van der Waals surface area (Å²) in [6.07, 6.45) is 0. The van der Waals surface area contributed by atoms with Crippen LogP contribution >= 0.6 is 27.3 Å². The number of carbonyl (C=O) groups is 1. The number of nitrogens with zero attached hydrogens (tertiary/aromatic N) is 3. The lowest BCUT2D eigenvalue weighted by atomic mass is 10.2. The van der Waals surface area contributed by atoms with Crippen molar-refractivity contribution in [3.05, 3.63) is 58.6 Å². The molecule has 5 nitrogen and oxygen atoms in total. The van der Waals surface area contributed by atoms with Crippen LogP contribution < -0.4 is 9.64 Å². The number of amides is 1. The van der Waals surface area contributed by atoms with E-state index in [4.69, 9.17) is 4.74 Å². The Morgan fingerprint density at radius 1 is 1.11 bits per heavy atom. The maximum atomic E-state index is 12.7. The number of hydrogen-bond acceptors (Lipinski definition) is 5. The second-order valence-electron chi connectivity index (χ2n) is 6.49. The lowest BCUT2D eigenvalue weighted by molar-refractivity contribution is 0.0993. The Morgan fingerprint density at radius 2 is 1.78 bits per heavy atom. The molecular weight excluding hydrogens is 426 g/mol. The normalized spacial score (nSPS) is 10.9. The van der Waals surface area contributed by atoms with Gasteiger partial charge in [-0.15, -0.1) is 10.2 Å². The number of anilines is 1. The van der Waals surface area contributed by atoms with Crippen LogP contribution in [0.2, 0.25) is 0 Å². The Hall–Kier alpha value is -2.25. The summed E-state index contributed by atoms with van der Waals surface area (Å²) < 4.78 is 6.66. The maximum absolute atomic E-state index is 12.7. The summed E-state index contributed by atoms with van der Waals surface area (Å²) in [5, 5.41) is 9.70. The van der Waals surface area contributed by atoms with Crippen LogP contribution in [-0.2, 0) is 0 Å². The molecule has 2 aromatic carbocycles. The molecule has 0 bridgehead atoms. The van der Waals surface area contributed by atoms with Crippen molar-refractivity contribution in [1.29, 1.82) is 0 Å². The van der Waals surface area contributed by atoms with E-state index in [0.717, 1.165) is 20.8 Å². The van der Waals surface area contributed by atoms with Crippen molar-refractivity contribution in [1.82, 2.24) is 10.2 Å². The average Bonchev–Trinajstić information content (AvgIpc) is 3.16. The molecule has 0 saturated carbocycles. The lowest BCUT2D eigenvalue weighted by Gasteiger charge is -2.14. The molecule has 3 rings (SSSR count). The highest BCUT2D eigenvalue weighted by Crippen LogP contribution is 2.29. The Labute approximate surface area is 171 Å². The molecule has 0 spiro atoms. The molecule has 140 valence electrons. The van der Waals surface area contributed by atoms with Gasteiger partial charge >= 0.3 is 0 Å². The van der Waals surface area contributed by atoms with Crippen molar-refractivity contribution in [2.24, 2.45) is 5.92 Å². The first kappa shape index (κ1) is 19.5. The summed E-state index contributed by atoms with van der Waals surface area (Å²) in [5.41, 5.74) is 1.55. The van der Waals surface area contributed by atoms with E-state index < -0.39 is 0 Å². The van der Waals surface area contributed by atoms with Crippen molar-refractivity contribution in [2.75, 3.05) is 18.6 Å². The van der Waals surface area contributed by atoms with E-state index in [9.17, 15) is 4.79 Å². The standard InChI is InChI=1S/C20H20BrN3O2S/c1-13(2)12-26-17-10-6-15(7-11-17)19(25)24(3)20-23-22-18(27-20)14-4-8-16(21)9-5-14/h4-11,13H,12H2,1-3H3. The van der Waals surface area contributed by atoms with E-state index in [-0.39, 0.29) is 5.91 Å². The molecule has 0 aliphatic heterocycles. The number of carbonyl (C=O) groups excluding carboxylic acids is 1. The second-order valence-corrected chi connectivity index (χ2v) is 8.36. The van der Waals surface area contributed by atoms with Crippen molar-refractivity contribution < 1.29 is 9.53 Å². The molecule has 0 radical (unpaired) electrons. The van der Waals surface area contributed by atoms with Gasteiger partial charge in [-0.25, -0.2) is 0 Å². The third kappa shape index (κ3) is 4.93. The van der Waals surface area contributed by atoms with E-state index in [1.54, 1.807) is 19.2 Å². The zero-order valence-electron chi connectivity index (χ0n) is 15.3. The molecule has 0 N–H and O–H groups in total. The highest BCUT2D eigenvalue weighted by Gasteiger charge is 2.18. The van der Waals surface area contributed by atoms with Crippen LogP contribution in [0.1, 0.15) is 24.2 Å². The number of benzene rings is 2. The summed E-state index contributed by atoms with van der Waals surface area (Å²) in [7, 11) is 1.71. The van der Waals surface area contributed by atoms with Crippen molar-refractivity contribution >= 4 is 38.3 Å². The fourth-order valence-corrected chi connectivity index (χ4v) is 3.37. The van der Waals surface area contributed by atoms with Crippen molar-refractivity contribution in [3.63, 3.8) is 0 Å². The summed E-state index contributed by atoms with van der Waals surface area (Å²) in [4.78, 5) is 14.2. The van der Waals surface area contributed by atoms with Crippen molar-refractivity contribution in [3.8, 4) is 16.3 Å². The van der Waals surface area contributed by atoms with Crippen molar-refractivity contribution in [2.45, 2.75) is 13.8 Å². The first-order chi connectivity index (χ1) is 12.9. The van der Waals surface area contributed by atoms with Gasteiger partial charge in [-0.3, -0.25) is 9.69 Å². The fraction of sp³-hybridized carbons (Fsp3) is 0.250. The fourth-order valence-electron chi connectivity index (χ4n) is 2.30. The highest BCUT2D eigenvalue weighted by molar-refractivity contribution is 9.10. The molecule has 1 amide bonds. The van der Waals surface area contributed by atoms with Gasteiger partial charge in [0.05, 0.1) is 6.61 Å². The van der Waals surface area contributed by atoms with E-state index in [0.29, 0.717) is 23.2 Å². The lowest BCUT2D eigenvalue weighted by Crippen LogP contribution is -2.26. The monoisotopic (exact) mass is 445 g/mol. The molecule has 27 heavy (non-hydrogen) atoms. The Balaban J connectivity index is 1.71. The zero-order chi connectivity index (χ0) is 19.4. The van der Waals surface area contributed by atoms with Crippen LogP contribution in [0.4, 0.5) is 5.13 Å². The third-order valence-corrected chi connectivity index (χ3v) is 5.36. The summed E-state index contributed by atoms with van der Waals surface area (Å²) in [5.74, 6) is 1.08. The molecule has 0 aliphatic rings. The molecule has 0 atom stereocenters. The molecule has 1 heterocycles. The number of ether oxygens (including phenoxy) is 1. The summed E-state index contributed by atoms with van der Waals surface area (Å²) in [6.45, 7) is 4.84. The molecule has 0 unspecified atom stereocenters. The predicted molar refractivity (Wildman–Crippen MR) is 113 cm³/mol. The molecule has 1 aromatic heterocycles. The zero-order valence-corrected chi connectivity index (χ0v) is 17.8. The van der Waals surface area contributed by atoms with Crippen LogP contribution in [0.25, 0.3) is 10.6 Å². The topological polar surface area (TPSA) is 55.3 Å². The Morgan fingerprint density at radius 3 is 2.41 bits per heavy atom. The molecular formula is C20H20BrN3O2S. The largest absolute Gasteiger partial charge is 0.493 e. The third-order valence-electron chi connectivity index (χ3n) is 3.78. The van der Waals surface area contributed by atoms with Gasteiger partial charge in [0.15, 0.2) is 0 Å². The minimum absolute atomic E-state index is 0.135. The van der Waals surface area contributed by atoms with Gasteiger partial charge in [0.2, 0.25) is 5.13 Å².